The molecule has 5 heteroatoms. The van der Waals surface area contributed by atoms with Crippen LogP contribution >= 0.6 is 11.6 Å². The maximum atomic E-state index is 12.0. The highest BCUT2D eigenvalue weighted by molar-refractivity contribution is 6.31. The molecule has 0 atom stereocenters. The third-order valence-corrected chi connectivity index (χ3v) is 3.90. The van der Waals surface area contributed by atoms with Crippen molar-refractivity contribution in [1.29, 1.82) is 0 Å². The number of benzene rings is 2. The topological polar surface area (TPSA) is 48.4 Å². The van der Waals surface area contributed by atoms with Crippen LogP contribution in [-0.2, 0) is 4.74 Å². The largest absolute Gasteiger partial charge is 0.462 e. The van der Waals surface area contributed by atoms with Crippen molar-refractivity contribution in [3.8, 4) is 11.5 Å². The average molecular weight is 342 g/mol. The Kier molecular flexibility index (Phi) is 4.67. The zero-order valence-corrected chi connectivity index (χ0v) is 14.1. The minimum Gasteiger partial charge on any atom is -0.462 e. The van der Waals surface area contributed by atoms with Crippen molar-refractivity contribution < 1.29 is 14.3 Å². The third-order valence-electron chi connectivity index (χ3n) is 3.66. The van der Waals surface area contributed by atoms with Crippen molar-refractivity contribution in [2.45, 2.75) is 13.8 Å². The van der Waals surface area contributed by atoms with Crippen LogP contribution in [0.1, 0.15) is 22.8 Å². The van der Waals surface area contributed by atoms with E-state index in [4.69, 9.17) is 21.1 Å². The van der Waals surface area contributed by atoms with E-state index >= 15 is 0 Å². The van der Waals surface area contributed by atoms with E-state index in [0.717, 1.165) is 16.5 Å². The van der Waals surface area contributed by atoms with Crippen LogP contribution in [-0.4, -0.2) is 17.6 Å². The second kappa shape index (κ2) is 6.89. The van der Waals surface area contributed by atoms with Crippen molar-refractivity contribution in [2.24, 2.45) is 0 Å². The number of halogens is 1. The number of pyridine rings is 1. The molecule has 0 saturated heterocycles. The maximum absolute atomic E-state index is 12.0. The lowest BCUT2D eigenvalue weighted by Gasteiger charge is -2.13. The van der Waals surface area contributed by atoms with E-state index in [2.05, 4.69) is 4.98 Å². The molecule has 0 fully saturated rings. The molecule has 0 radical (unpaired) electrons. The van der Waals surface area contributed by atoms with Gasteiger partial charge in [-0.2, -0.15) is 0 Å². The quantitative estimate of drug-likeness (QED) is 0.614. The minimum atomic E-state index is -0.355. The fourth-order valence-electron chi connectivity index (χ4n) is 2.46. The number of carbonyl (C=O) groups is 1. The van der Waals surface area contributed by atoms with E-state index in [1.807, 2.05) is 19.1 Å². The second-order valence-corrected chi connectivity index (χ2v) is 5.66. The first-order valence-corrected chi connectivity index (χ1v) is 7.97. The summed E-state index contributed by atoms with van der Waals surface area (Å²) in [5.41, 5.74) is 1.98. The first-order valence-electron chi connectivity index (χ1n) is 7.59. The molecule has 0 saturated carbocycles. The van der Waals surface area contributed by atoms with Crippen molar-refractivity contribution in [1.82, 2.24) is 4.98 Å². The Bertz CT molecular complexity index is 908. The molecular weight excluding hydrogens is 326 g/mol. The summed E-state index contributed by atoms with van der Waals surface area (Å²) in [6.45, 7) is 3.95. The highest BCUT2D eigenvalue weighted by Gasteiger charge is 2.14. The number of esters is 1. The zero-order chi connectivity index (χ0) is 17.1. The average Bonchev–Trinajstić information content (AvgIpc) is 2.57. The van der Waals surface area contributed by atoms with Crippen molar-refractivity contribution in [3.63, 3.8) is 0 Å². The van der Waals surface area contributed by atoms with Crippen LogP contribution < -0.4 is 4.74 Å². The Morgan fingerprint density at radius 2 is 2.00 bits per heavy atom. The summed E-state index contributed by atoms with van der Waals surface area (Å²) >= 11 is 6.01. The number of fused-ring (bicyclic) bond motifs is 1. The van der Waals surface area contributed by atoms with E-state index < -0.39 is 0 Å². The normalized spacial score (nSPS) is 10.6. The van der Waals surface area contributed by atoms with Gasteiger partial charge in [0.2, 0.25) is 0 Å². The summed E-state index contributed by atoms with van der Waals surface area (Å²) in [6.07, 6.45) is 1.67. The lowest BCUT2D eigenvalue weighted by atomic mass is 10.1. The van der Waals surface area contributed by atoms with Gasteiger partial charge in [-0.1, -0.05) is 17.7 Å². The molecule has 0 N–H and O–H groups in total. The summed E-state index contributed by atoms with van der Waals surface area (Å²) in [6, 6.07) is 12.5. The van der Waals surface area contributed by atoms with Crippen LogP contribution in [0, 0.1) is 6.92 Å². The van der Waals surface area contributed by atoms with Gasteiger partial charge < -0.3 is 9.47 Å². The van der Waals surface area contributed by atoms with Gasteiger partial charge >= 0.3 is 5.97 Å². The summed E-state index contributed by atoms with van der Waals surface area (Å²) in [4.78, 5) is 16.3. The van der Waals surface area contributed by atoms with E-state index in [1.165, 1.54) is 0 Å². The molecule has 0 spiro atoms. The number of hydrogen-bond acceptors (Lipinski definition) is 4. The monoisotopic (exact) mass is 341 g/mol. The number of ether oxygens (including phenoxy) is 2. The number of aromatic nitrogens is 1. The number of rotatable bonds is 4. The molecule has 0 bridgehead atoms. The molecule has 24 heavy (non-hydrogen) atoms. The molecule has 0 aliphatic rings. The van der Waals surface area contributed by atoms with Gasteiger partial charge in [0, 0.05) is 22.2 Å². The van der Waals surface area contributed by atoms with Gasteiger partial charge in [0.05, 0.1) is 17.7 Å². The van der Waals surface area contributed by atoms with Crippen LogP contribution in [0.2, 0.25) is 5.02 Å². The van der Waals surface area contributed by atoms with E-state index in [-0.39, 0.29) is 5.97 Å². The molecule has 1 heterocycles. The predicted molar refractivity (Wildman–Crippen MR) is 94.0 cm³/mol. The van der Waals surface area contributed by atoms with Crippen molar-refractivity contribution >= 4 is 28.5 Å². The smallest absolute Gasteiger partial charge is 0.338 e. The van der Waals surface area contributed by atoms with E-state index in [0.29, 0.717) is 28.7 Å². The SMILES string of the molecule is CCOC(=O)c1cccc(Oc2ccnc3cc(Cl)ccc23)c1C. The molecule has 1 aromatic heterocycles. The zero-order valence-electron chi connectivity index (χ0n) is 13.4. The Balaban J connectivity index is 2.00. The number of carbonyl (C=O) groups excluding carboxylic acids is 1. The van der Waals surface area contributed by atoms with Crippen LogP contribution in [0.3, 0.4) is 0 Å². The summed E-state index contributed by atoms with van der Waals surface area (Å²) in [5.74, 6) is 0.899. The van der Waals surface area contributed by atoms with Crippen LogP contribution in [0.25, 0.3) is 10.9 Å². The van der Waals surface area contributed by atoms with E-state index in [9.17, 15) is 4.79 Å². The molecule has 0 unspecified atom stereocenters. The Morgan fingerprint density at radius 1 is 1.17 bits per heavy atom. The second-order valence-electron chi connectivity index (χ2n) is 5.22. The highest BCUT2D eigenvalue weighted by atomic mass is 35.5. The lowest BCUT2D eigenvalue weighted by molar-refractivity contribution is 0.0525. The van der Waals surface area contributed by atoms with Gasteiger partial charge in [0.15, 0.2) is 0 Å². The molecule has 0 aliphatic carbocycles. The molecule has 3 rings (SSSR count). The first kappa shape index (κ1) is 16.3. The third kappa shape index (κ3) is 3.19. The Labute approximate surface area is 145 Å². The Morgan fingerprint density at radius 3 is 2.79 bits per heavy atom. The maximum Gasteiger partial charge on any atom is 0.338 e. The minimum absolute atomic E-state index is 0.332. The molecule has 3 aromatic rings. The summed E-state index contributed by atoms with van der Waals surface area (Å²) < 4.78 is 11.1. The predicted octanol–water partition coefficient (Wildman–Crippen LogP) is 5.17. The molecule has 4 nitrogen and oxygen atoms in total. The molecule has 0 aliphatic heterocycles. The molecule has 122 valence electrons. The molecule has 0 amide bonds. The van der Waals surface area contributed by atoms with Gasteiger partial charge in [-0.15, -0.1) is 0 Å². The van der Waals surface area contributed by atoms with E-state index in [1.54, 1.807) is 43.5 Å². The number of hydrogen-bond donors (Lipinski definition) is 0. The van der Waals surface area contributed by atoms with Crippen molar-refractivity contribution in [2.75, 3.05) is 6.61 Å². The van der Waals surface area contributed by atoms with Gasteiger partial charge in [0.1, 0.15) is 11.5 Å². The molecule has 2 aromatic carbocycles. The van der Waals surface area contributed by atoms with Gasteiger partial charge in [-0.25, -0.2) is 4.79 Å². The van der Waals surface area contributed by atoms with Crippen molar-refractivity contribution in [3.05, 3.63) is 64.8 Å². The van der Waals surface area contributed by atoms with Crippen LogP contribution in [0.4, 0.5) is 0 Å². The lowest BCUT2D eigenvalue weighted by Crippen LogP contribution is -2.07. The van der Waals surface area contributed by atoms with Crippen LogP contribution in [0.5, 0.6) is 11.5 Å². The first-order chi connectivity index (χ1) is 11.6. The Hall–Kier alpha value is -2.59. The fraction of sp³-hybridized carbons (Fsp3) is 0.158. The summed E-state index contributed by atoms with van der Waals surface area (Å²) in [5, 5.41) is 1.47. The standard InChI is InChI=1S/C19H16ClNO3/c1-3-23-19(22)14-5-4-6-17(12(14)2)24-18-9-10-21-16-11-13(20)7-8-15(16)18/h4-11H,3H2,1-2H3. The van der Waals surface area contributed by atoms with Crippen LogP contribution in [0.15, 0.2) is 48.7 Å². The summed E-state index contributed by atoms with van der Waals surface area (Å²) in [7, 11) is 0. The van der Waals surface area contributed by atoms with Gasteiger partial charge in [0.25, 0.3) is 0 Å². The van der Waals surface area contributed by atoms with Gasteiger partial charge in [-0.05, 0) is 50.2 Å². The fourth-order valence-corrected chi connectivity index (χ4v) is 2.62. The highest BCUT2D eigenvalue weighted by Crippen LogP contribution is 2.32. The molecular formula is C19H16ClNO3. The number of nitrogens with zero attached hydrogens (tertiary/aromatic N) is 1. The van der Waals surface area contributed by atoms with Gasteiger partial charge in [-0.3, -0.25) is 4.98 Å².